The molecule has 3 atom stereocenters. The van der Waals surface area contributed by atoms with Gasteiger partial charge in [0.1, 0.15) is 0 Å². The fraction of sp³-hybridized carbons (Fsp3) is 0.667. The van der Waals surface area contributed by atoms with Crippen molar-refractivity contribution in [1.82, 2.24) is 10.2 Å². The normalized spacial score (nSPS) is 15.9. The number of ether oxygens (including phenoxy) is 1. The second-order valence-corrected chi connectivity index (χ2v) is 5.72. The molecule has 3 nitrogen and oxygen atoms in total. The summed E-state index contributed by atoms with van der Waals surface area (Å²) in [4.78, 5) is 2.52. The minimum atomic E-state index is 0.352. The van der Waals surface area contributed by atoms with Gasteiger partial charge in [0.2, 0.25) is 0 Å². The van der Waals surface area contributed by atoms with Crippen LogP contribution in [-0.2, 0) is 4.74 Å². The van der Waals surface area contributed by atoms with Gasteiger partial charge >= 0.3 is 0 Å². The highest BCUT2D eigenvalue weighted by molar-refractivity contribution is 5.20. The average Bonchev–Trinajstić information content (AvgIpc) is 2.50. The van der Waals surface area contributed by atoms with Crippen LogP contribution in [0.3, 0.4) is 0 Å². The average molecular weight is 292 g/mol. The van der Waals surface area contributed by atoms with Crippen molar-refractivity contribution in [2.75, 3.05) is 26.8 Å². The molecule has 0 bridgehead atoms. The number of hydrogen-bond acceptors (Lipinski definition) is 3. The van der Waals surface area contributed by atoms with Gasteiger partial charge in [0.25, 0.3) is 0 Å². The summed E-state index contributed by atoms with van der Waals surface area (Å²) in [5.74, 6) is 0. The van der Waals surface area contributed by atoms with Gasteiger partial charge in [-0.15, -0.1) is 0 Å². The first kappa shape index (κ1) is 18.1. The third kappa shape index (κ3) is 5.42. The van der Waals surface area contributed by atoms with Gasteiger partial charge in [0.15, 0.2) is 0 Å². The van der Waals surface area contributed by atoms with Crippen molar-refractivity contribution in [2.45, 2.75) is 52.2 Å². The van der Waals surface area contributed by atoms with E-state index in [1.807, 2.05) is 0 Å². The summed E-state index contributed by atoms with van der Waals surface area (Å²) >= 11 is 0. The summed E-state index contributed by atoms with van der Waals surface area (Å²) in [6.07, 6.45) is 1.15. The van der Waals surface area contributed by atoms with Crippen LogP contribution in [0.1, 0.15) is 45.7 Å². The lowest BCUT2D eigenvalue weighted by molar-refractivity contribution is 0.0649. The van der Waals surface area contributed by atoms with Gasteiger partial charge in [-0.1, -0.05) is 44.2 Å². The van der Waals surface area contributed by atoms with Crippen LogP contribution in [0.5, 0.6) is 0 Å². The van der Waals surface area contributed by atoms with E-state index in [2.05, 4.69) is 68.2 Å². The number of benzene rings is 1. The molecule has 1 aromatic carbocycles. The predicted molar refractivity (Wildman–Crippen MR) is 90.7 cm³/mol. The minimum Gasteiger partial charge on any atom is -0.383 e. The second kappa shape index (κ2) is 9.93. The molecular formula is C18H32N2O. The molecule has 0 aliphatic rings. The lowest BCUT2D eigenvalue weighted by Gasteiger charge is -2.38. The van der Waals surface area contributed by atoms with Crippen molar-refractivity contribution in [1.29, 1.82) is 0 Å². The van der Waals surface area contributed by atoms with Gasteiger partial charge in [-0.25, -0.2) is 0 Å². The van der Waals surface area contributed by atoms with Crippen LogP contribution >= 0.6 is 0 Å². The van der Waals surface area contributed by atoms with Crippen LogP contribution in [0.4, 0.5) is 0 Å². The monoisotopic (exact) mass is 292 g/mol. The van der Waals surface area contributed by atoms with E-state index in [-0.39, 0.29) is 0 Å². The fourth-order valence-corrected chi connectivity index (χ4v) is 3.06. The van der Waals surface area contributed by atoms with Gasteiger partial charge in [0.05, 0.1) is 6.61 Å². The van der Waals surface area contributed by atoms with Gasteiger partial charge < -0.3 is 10.1 Å². The molecule has 3 heteroatoms. The van der Waals surface area contributed by atoms with Crippen LogP contribution < -0.4 is 5.32 Å². The predicted octanol–water partition coefficient (Wildman–Crippen LogP) is 3.47. The molecule has 3 unspecified atom stereocenters. The van der Waals surface area contributed by atoms with Crippen LogP contribution in [0.25, 0.3) is 0 Å². The van der Waals surface area contributed by atoms with Crippen molar-refractivity contribution in [3.63, 3.8) is 0 Å². The van der Waals surface area contributed by atoms with E-state index < -0.39 is 0 Å². The Morgan fingerprint density at radius 1 is 1.14 bits per heavy atom. The summed E-state index contributed by atoms with van der Waals surface area (Å²) in [5, 5.41) is 3.71. The Morgan fingerprint density at radius 2 is 1.81 bits per heavy atom. The largest absolute Gasteiger partial charge is 0.383 e. The number of rotatable bonds is 10. The molecule has 0 aromatic heterocycles. The molecule has 0 amide bonds. The molecule has 0 saturated heterocycles. The SMILES string of the molecule is CCCNC(c1ccccc1)C(C)N(CC)C(C)COC. The zero-order valence-corrected chi connectivity index (χ0v) is 14.3. The smallest absolute Gasteiger partial charge is 0.0615 e. The summed E-state index contributed by atoms with van der Waals surface area (Å²) < 4.78 is 5.34. The summed E-state index contributed by atoms with van der Waals surface area (Å²) in [6, 6.07) is 12.0. The molecular weight excluding hydrogens is 260 g/mol. The topological polar surface area (TPSA) is 24.5 Å². The summed E-state index contributed by atoms with van der Waals surface area (Å²) in [6.45, 7) is 11.8. The zero-order chi connectivity index (χ0) is 15.7. The second-order valence-electron chi connectivity index (χ2n) is 5.72. The third-order valence-electron chi connectivity index (χ3n) is 4.12. The Hall–Kier alpha value is -0.900. The first-order chi connectivity index (χ1) is 10.2. The van der Waals surface area contributed by atoms with Crippen LogP contribution in [0.15, 0.2) is 30.3 Å². The van der Waals surface area contributed by atoms with E-state index >= 15 is 0 Å². The molecule has 0 heterocycles. The molecule has 0 fully saturated rings. The fourth-order valence-electron chi connectivity index (χ4n) is 3.06. The van der Waals surface area contributed by atoms with E-state index in [0.717, 1.165) is 26.1 Å². The first-order valence-electron chi connectivity index (χ1n) is 8.18. The number of nitrogens with zero attached hydrogens (tertiary/aromatic N) is 1. The highest BCUT2D eigenvalue weighted by atomic mass is 16.5. The maximum Gasteiger partial charge on any atom is 0.0615 e. The molecule has 0 aliphatic carbocycles. The standard InChI is InChI=1S/C18H32N2O/c1-6-13-19-18(17-11-9-8-10-12-17)16(4)20(7-2)15(3)14-21-5/h8-12,15-16,18-19H,6-7,13-14H2,1-5H3. The molecule has 0 aliphatic heterocycles. The van der Waals surface area contributed by atoms with E-state index in [4.69, 9.17) is 4.74 Å². The van der Waals surface area contributed by atoms with E-state index in [1.54, 1.807) is 7.11 Å². The van der Waals surface area contributed by atoms with E-state index in [9.17, 15) is 0 Å². The summed E-state index contributed by atoms with van der Waals surface area (Å²) in [5.41, 5.74) is 1.36. The highest BCUT2D eigenvalue weighted by Crippen LogP contribution is 2.22. The van der Waals surface area contributed by atoms with Gasteiger partial charge in [0, 0.05) is 25.2 Å². The van der Waals surface area contributed by atoms with E-state index in [0.29, 0.717) is 18.1 Å². The van der Waals surface area contributed by atoms with Crippen molar-refractivity contribution in [3.8, 4) is 0 Å². The zero-order valence-electron chi connectivity index (χ0n) is 14.3. The first-order valence-corrected chi connectivity index (χ1v) is 8.18. The van der Waals surface area contributed by atoms with Gasteiger partial charge in [-0.3, -0.25) is 4.90 Å². The highest BCUT2D eigenvalue weighted by Gasteiger charge is 2.26. The van der Waals surface area contributed by atoms with Crippen molar-refractivity contribution in [2.24, 2.45) is 0 Å². The molecule has 120 valence electrons. The van der Waals surface area contributed by atoms with Crippen LogP contribution in [-0.4, -0.2) is 43.8 Å². The maximum absolute atomic E-state index is 5.34. The van der Waals surface area contributed by atoms with Crippen molar-refractivity contribution in [3.05, 3.63) is 35.9 Å². The Morgan fingerprint density at radius 3 is 2.33 bits per heavy atom. The van der Waals surface area contributed by atoms with Crippen molar-refractivity contribution >= 4 is 0 Å². The number of likely N-dealkylation sites (N-methyl/N-ethyl adjacent to an activating group) is 1. The molecule has 0 radical (unpaired) electrons. The quantitative estimate of drug-likeness (QED) is 0.714. The molecule has 0 saturated carbocycles. The maximum atomic E-state index is 5.34. The Labute approximate surface area is 130 Å². The van der Waals surface area contributed by atoms with Gasteiger partial charge in [-0.2, -0.15) is 0 Å². The molecule has 21 heavy (non-hydrogen) atoms. The molecule has 1 N–H and O–H groups in total. The molecule has 0 spiro atoms. The minimum absolute atomic E-state index is 0.352. The number of nitrogens with one attached hydrogen (secondary N) is 1. The van der Waals surface area contributed by atoms with Crippen LogP contribution in [0.2, 0.25) is 0 Å². The Balaban J connectivity index is 2.90. The lowest BCUT2D eigenvalue weighted by atomic mass is 9.98. The number of hydrogen-bond donors (Lipinski definition) is 1. The third-order valence-corrected chi connectivity index (χ3v) is 4.12. The van der Waals surface area contributed by atoms with Crippen LogP contribution in [0, 0.1) is 0 Å². The number of methoxy groups -OCH3 is 1. The molecule has 1 aromatic rings. The van der Waals surface area contributed by atoms with E-state index in [1.165, 1.54) is 5.56 Å². The molecule has 1 rings (SSSR count). The Kier molecular flexibility index (Phi) is 8.58. The Bertz CT molecular complexity index is 369. The van der Waals surface area contributed by atoms with Gasteiger partial charge in [-0.05, 0) is 38.9 Å². The lowest BCUT2D eigenvalue weighted by Crippen LogP contribution is -2.48. The summed E-state index contributed by atoms with van der Waals surface area (Å²) in [7, 11) is 1.78. The van der Waals surface area contributed by atoms with Crippen molar-refractivity contribution < 1.29 is 4.74 Å².